The van der Waals surface area contributed by atoms with Gasteiger partial charge >= 0.3 is 0 Å². The second kappa shape index (κ2) is 4.57. The van der Waals surface area contributed by atoms with Gasteiger partial charge in [0.05, 0.1) is 15.6 Å². The maximum atomic E-state index is 10.4. The molecule has 0 saturated heterocycles. The van der Waals surface area contributed by atoms with Gasteiger partial charge in [0.2, 0.25) is 0 Å². The van der Waals surface area contributed by atoms with Crippen LogP contribution in [0.3, 0.4) is 0 Å². The van der Waals surface area contributed by atoms with Crippen LogP contribution in [0.1, 0.15) is 9.68 Å². The Morgan fingerprint density at radius 1 is 1.54 bits per heavy atom. The normalized spacial score (nSPS) is 14.3. The Bertz CT molecular complexity index is 361. The van der Waals surface area contributed by atoms with Gasteiger partial charge < -0.3 is 4.74 Å². The summed E-state index contributed by atoms with van der Waals surface area (Å²) in [5.41, 5.74) is 0.815. The number of nitro benzene ring substituents is 1. The van der Waals surface area contributed by atoms with Crippen molar-refractivity contribution in [2.75, 3.05) is 13.6 Å². The molecule has 1 rings (SSSR count). The van der Waals surface area contributed by atoms with E-state index in [1.165, 1.54) is 12.1 Å². The SMILES string of the molecule is [2H]C([2H])([2H])OCCc1ccc([N+](=O)[O-])cc1. The van der Waals surface area contributed by atoms with Crippen LogP contribution in [0.2, 0.25) is 0 Å². The zero-order valence-electron chi connectivity index (χ0n) is 9.90. The standard InChI is InChI=1S/C9H11NO3/c1-13-7-6-8-2-4-9(5-3-8)10(11)12/h2-5H,6-7H2,1H3/i1D3. The maximum absolute atomic E-state index is 10.4. The highest BCUT2D eigenvalue weighted by Crippen LogP contribution is 2.11. The van der Waals surface area contributed by atoms with Crippen LogP contribution in [0.5, 0.6) is 0 Å². The second-order valence-corrected chi connectivity index (χ2v) is 2.52. The van der Waals surface area contributed by atoms with Crippen LogP contribution < -0.4 is 0 Å². The first kappa shape index (κ1) is 6.10. The summed E-state index contributed by atoms with van der Waals surface area (Å²) in [5.74, 6) is 0. The molecule has 0 fully saturated rings. The van der Waals surface area contributed by atoms with Crippen LogP contribution in [-0.4, -0.2) is 18.6 Å². The molecule has 70 valence electrons. The van der Waals surface area contributed by atoms with Crippen LogP contribution in [0.15, 0.2) is 24.3 Å². The molecule has 0 heterocycles. The number of non-ortho nitro benzene ring substituents is 1. The molecule has 0 unspecified atom stereocenters. The Labute approximate surface area is 80.5 Å². The minimum atomic E-state index is -2.39. The van der Waals surface area contributed by atoms with Crippen LogP contribution in [0.25, 0.3) is 0 Å². The third-order valence-electron chi connectivity index (χ3n) is 1.64. The fraction of sp³-hybridized carbons (Fsp3) is 0.333. The second-order valence-electron chi connectivity index (χ2n) is 2.52. The summed E-state index contributed by atoms with van der Waals surface area (Å²) >= 11 is 0. The number of hydrogen-bond acceptors (Lipinski definition) is 3. The third-order valence-corrected chi connectivity index (χ3v) is 1.64. The highest BCUT2D eigenvalue weighted by molar-refractivity contribution is 5.32. The van der Waals surface area contributed by atoms with Crippen molar-refractivity contribution in [3.8, 4) is 0 Å². The molecule has 0 radical (unpaired) electrons. The van der Waals surface area contributed by atoms with Gasteiger partial charge in [-0.2, -0.15) is 0 Å². The first-order valence-corrected chi connectivity index (χ1v) is 3.76. The topological polar surface area (TPSA) is 52.4 Å². The molecular weight excluding hydrogens is 170 g/mol. The van der Waals surface area contributed by atoms with Gasteiger partial charge in [0.1, 0.15) is 0 Å². The van der Waals surface area contributed by atoms with Crippen molar-refractivity contribution in [2.45, 2.75) is 6.42 Å². The molecule has 0 bridgehead atoms. The Kier molecular flexibility index (Phi) is 2.14. The van der Waals surface area contributed by atoms with Gasteiger partial charge in [0.25, 0.3) is 5.69 Å². The first-order chi connectivity index (χ1) is 7.38. The minimum absolute atomic E-state index is 0.0143. The Morgan fingerprint density at radius 2 is 2.23 bits per heavy atom. The average Bonchev–Trinajstić information content (AvgIpc) is 2.16. The van der Waals surface area contributed by atoms with Gasteiger partial charge in [0.15, 0.2) is 0 Å². The molecule has 0 aliphatic rings. The first-order valence-electron chi connectivity index (χ1n) is 5.26. The van der Waals surface area contributed by atoms with Crippen molar-refractivity contribution in [1.29, 1.82) is 0 Å². The van der Waals surface area contributed by atoms with Crippen LogP contribution in [0.4, 0.5) is 5.69 Å². The molecule has 1 aromatic rings. The number of ether oxygens (including phenoxy) is 1. The van der Waals surface area contributed by atoms with E-state index in [-0.39, 0.29) is 12.3 Å². The quantitative estimate of drug-likeness (QED) is 0.529. The third kappa shape index (κ3) is 2.83. The summed E-state index contributed by atoms with van der Waals surface area (Å²) in [4.78, 5) is 9.88. The molecule has 0 aliphatic heterocycles. The predicted molar refractivity (Wildman–Crippen MR) is 48.7 cm³/mol. The summed E-state index contributed by atoms with van der Waals surface area (Å²) in [7, 11) is -2.39. The maximum Gasteiger partial charge on any atom is 0.269 e. The van der Waals surface area contributed by atoms with E-state index >= 15 is 0 Å². The number of benzene rings is 1. The molecule has 0 saturated carbocycles. The summed E-state index contributed by atoms with van der Waals surface area (Å²) in [6, 6.07) is 5.93. The molecular formula is C9H11NO3. The average molecular weight is 184 g/mol. The Morgan fingerprint density at radius 3 is 2.77 bits per heavy atom. The lowest BCUT2D eigenvalue weighted by molar-refractivity contribution is -0.384. The van der Waals surface area contributed by atoms with E-state index in [0.717, 1.165) is 5.56 Å². The fourth-order valence-corrected chi connectivity index (χ4v) is 0.953. The van der Waals surface area contributed by atoms with Crippen molar-refractivity contribution >= 4 is 5.69 Å². The molecule has 0 spiro atoms. The van der Waals surface area contributed by atoms with Gasteiger partial charge in [-0.1, -0.05) is 12.1 Å². The summed E-state index contributed by atoms with van der Waals surface area (Å²) in [5, 5.41) is 10.4. The van der Waals surface area contributed by atoms with E-state index in [4.69, 9.17) is 4.11 Å². The fourth-order valence-electron chi connectivity index (χ4n) is 0.953. The smallest absolute Gasteiger partial charge is 0.269 e. The lowest BCUT2D eigenvalue weighted by Crippen LogP contribution is -1.94. The Balaban J connectivity index is 2.47. The van der Waals surface area contributed by atoms with Crippen molar-refractivity contribution in [3.63, 3.8) is 0 Å². The zero-order valence-corrected chi connectivity index (χ0v) is 6.90. The monoisotopic (exact) mass is 184 g/mol. The van der Waals surface area contributed by atoms with Gasteiger partial charge in [0, 0.05) is 19.2 Å². The minimum Gasteiger partial charge on any atom is -0.384 e. The lowest BCUT2D eigenvalue weighted by Gasteiger charge is -1.98. The molecule has 0 amide bonds. The van der Waals surface area contributed by atoms with E-state index in [1.807, 2.05) is 0 Å². The lowest BCUT2D eigenvalue weighted by atomic mass is 10.1. The van der Waals surface area contributed by atoms with E-state index in [9.17, 15) is 10.1 Å². The highest BCUT2D eigenvalue weighted by Gasteiger charge is 2.02. The summed E-state index contributed by atoms with van der Waals surface area (Å²) in [6.07, 6.45) is 0.413. The largest absolute Gasteiger partial charge is 0.384 e. The van der Waals surface area contributed by atoms with E-state index in [0.29, 0.717) is 6.42 Å². The molecule has 0 atom stereocenters. The molecule has 0 aromatic heterocycles. The molecule has 0 aliphatic carbocycles. The highest BCUT2D eigenvalue weighted by atomic mass is 16.6. The summed E-state index contributed by atoms with van der Waals surface area (Å²) < 4.78 is 25.0. The predicted octanol–water partition coefficient (Wildman–Crippen LogP) is 1.78. The van der Waals surface area contributed by atoms with Crippen molar-refractivity contribution in [3.05, 3.63) is 39.9 Å². The van der Waals surface area contributed by atoms with E-state index in [2.05, 4.69) is 4.74 Å². The number of methoxy groups -OCH3 is 1. The number of nitrogens with zero attached hydrogens (tertiary/aromatic N) is 1. The van der Waals surface area contributed by atoms with Crippen LogP contribution in [-0.2, 0) is 11.2 Å². The van der Waals surface area contributed by atoms with Crippen LogP contribution >= 0.6 is 0 Å². The number of hydrogen-bond donors (Lipinski definition) is 0. The Hall–Kier alpha value is -1.42. The van der Waals surface area contributed by atoms with Gasteiger partial charge in [-0.05, 0) is 12.0 Å². The molecule has 1 aromatic carbocycles. The van der Waals surface area contributed by atoms with Gasteiger partial charge in [-0.15, -0.1) is 0 Å². The zero-order chi connectivity index (χ0) is 12.2. The molecule has 0 N–H and O–H groups in total. The number of rotatable bonds is 4. The van der Waals surface area contributed by atoms with Crippen molar-refractivity contribution in [2.24, 2.45) is 0 Å². The van der Waals surface area contributed by atoms with Crippen LogP contribution in [0, 0.1) is 10.1 Å². The number of nitro groups is 1. The molecule has 4 nitrogen and oxygen atoms in total. The van der Waals surface area contributed by atoms with E-state index < -0.39 is 12.0 Å². The molecule has 13 heavy (non-hydrogen) atoms. The summed E-state index contributed by atoms with van der Waals surface area (Å²) in [6.45, 7) is 0.0638. The van der Waals surface area contributed by atoms with Crippen molar-refractivity contribution in [1.82, 2.24) is 0 Å². The van der Waals surface area contributed by atoms with E-state index in [1.54, 1.807) is 12.1 Å². The van der Waals surface area contributed by atoms with Crippen molar-refractivity contribution < 1.29 is 13.8 Å². The molecule has 4 heteroatoms. The van der Waals surface area contributed by atoms with Gasteiger partial charge in [-0.25, -0.2) is 0 Å². The van der Waals surface area contributed by atoms with Gasteiger partial charge in [-0.3, -0.25) is 10.1 Å².